The molecule has 0 aliphatic rings. The van der Waals surface area contributed by atoms with Crippen LogP contribution in [0.15, 0.2) is 28.6 Å². The zero-order valence-corrected chi connectivity index (χ0v) is 17.7. The lowest BCUT2D eigenvalue weighted by Crippen LogP contribution is -2.38. The summed E-state index contributed by atoms with van der Waals surface area (Å²) >= 11 is 0.967. The minimum atomic E-state index is -4.43. The summed E-state index contributed by atoms with van der Waals surface area (Å²) in [6, 6.07) is 5.11. The molecule has 0 aliphatic carbocycles. The quantitative estimate of drug-likeness (QED) is 0.406. The van der Waals surface area contributed by atoms with Crippen molar-refractivity contribution < 1.29 is 27.8 Å². The van der Waals surface area contributed by atoms with E-state index in [0.717, 1.165) is 16.7 Å². The number of halogens is 3. The van der Waals surface area contributed by atoms with Crippen molar-refractivity contribution in [2.75, 3.05) is 33.9 Å². The van der Waals surface area contributed by atoms with Crippen molar-refractivity contribution in [1.82, 2.24) is 15.6 Å². The molecule has 0 aliphatic heterocycles. The monoisotopic (exact) mass is 446 g/mol. The van der Waals surface area contributed by atoms with E-state index < -0.39 is 18.0 Å². The van der Waals surface area contributed by atoms with Gasteiger partial charge in [-0.1, -0.05) is 0 Å². The molecule has 166 valence electrons. The fourth-order valence-corrected chi connectivity index (χ4v) is 3.37. The zero-order chi connectivity index (χ0) is 22.1. The van der Waals surface area contributed by atoms with Crippen LogP contribution in [-0.2, 0) is 12.6 Å². The zero-order valence-electron chi connectivity index (χ0n) is 16.9. The smallest absolute Gasteiger partial charge is 0.434 e. The van der Waals surface area contributed by atoms with Crippen molar-refractivity contribution in [3.05, 3.63) is 39.8 Å². The summed E-state index contributed by atoms with van der Waals surface area (Å²) in [5, 5.41) is 18.0. The van der Waals surface area contributed by atoms with E-state index in [1.165, 1.54) is 14.2 Å². The maximum atomic E-state index is 12.6. The number of nitrogens with zero attached hydrogens (tertiary/aromatic N) is 2. The van der Waals surface area contributed by atoms with Crippen molar-refractivity contribution >= 4 is 17.3 Å². The van der Waals surface area contributed by atoms with Gasteiger partial charge in [-0.15, -0.1) is 11.3 Å². The Morgan fingerprint density at radius 3 is 2.63 bits per heavy atom. The number of ether oxygens (including phenoxy) is 2. The highest BCUT2D eigenvalue weighted by molar-refractivity contribution is 7.09. The molecule has 7 nitrogen and oxygen atoms in total. The largest absolute Gasteiger partial charge is 0.497 e. The Labute approximate surface area is 177 Å². The number of aromatic nitrogens is 1. The minimum Gasteiger partial charge on any atom is -0.497 e. The summed E-state index contributed by atoms with van der Waals surface area (Å²) in [5.74, 6) is 1.53. The van der Waals surface area contributed by atoms with Gasteiger partial charge in [0.25, 0.3) is 0 Å². The highest BCUT2D eigenvalue weighted by Gasteiger charge is 2.33. The lowest BCUT2D eigenvalue weighted by atomic mass is 10.1. The van der Waals surface area contributed by atoms with E-state index >= 15 is 0 Å². The standard InChI is InChI=1S/C19H25F3N4O3S/c1-4-23-18(24-8-7-17-26-16(11-30-17)19(20,21)22)25-10-14(27)13-9-12(28-2)5-6-15(13)29-3/h5-6,9,11,14,27H,4,7-8,10H2,1-3H3,(H2,23,24,25). The molecule has 0 fully saturated rings. The van der Waals surface area contributed by atoms with E-state index in [0.29, 0.717) is 47.5 Å². The third-order valence-electron chi connectivity index (χ3n) is 4.04. The molecule has 1 atom stereocenters. The predicted molar refractivity (Wildman–Crippen MR) is 109 cm³/mol. The van der Waals surface area contributed by atoms with Gasteiger partial charge in [-0.25, -0.2) is 4.98 Å². The summed E-state index contributed by atoms with van der Waals surface area (Å²) in [5.41, 5.74) is -0.336. The van der Waals surface area contributed by atoms with E-state index in [1.807, 2.05) is 6.92 Å². The number of methoxy groups -OCH3 is 2. The molecule has 2 rings (SSSR count). The number of aliphatic hydroxyl groups is 1. The molecule has 0 spiro atoms. The molecular weight excluding hydrogens is 421 g/mol. The molecule has 3 N–H and O–H groups in total. The average molecular weight is 446 g/mol. The van der Waals surface area contributed by atoms with Crippen LogP contribution in [0.1, 0.15) is 29.3 Å². The number of guanidine groups is 1. The lowest BCUT2D eigenvalue weighted by molar-refractivity contribution is -0.140. The van der Waals surface area contributed by atoms with Crippen LogP contribution in [0.5, 0.6) is 11.5 Å². The van der Waals surface area contributed by atoms with Gasteiger partial charge in [0.1, 0.15) is 17.6 Å². The first-order valence-corrected chi connectivity index (χ1v) is 10.1. The van der Waals surface area contributed by atoms with Gasteiger partial charge in [-0.3, -0.25) is 4.99 Å². The number of alkyl halides is 3. The van der Waals surface area contributed by atoms with Crippen molar-refractivity contribution in [1.29, 1.82) is 0 Å². The molecule has 1 heterocycles. The fourth-order valence-electron chi connectivity index (χ4n) is 2.56. The molecule has 1 aromatic heterocycles. The lowest BCUT2D eigenvalue weighted by Gasteiger charge is -2.16. The van der Waals surface area contributed by atoms with Gasteiger partial charge in [-0.2, -0.15) is 13.2 Å². The van der Waals surface area contributed by atoms with E-state index in [4.69, 9.17) is 9.47 Å². The van der Waals surface area contributed by atoms with E-state index in [1.54, 1.807) is 18.2 Å². The van der Waals surface area contributed by atoms with Gasteiger partial charge in [0.2, 0.25) is 0 Å². The van der Waals surface area contributed by atoms with Crippen molar-refractivity contribution in [2.24, 2.45) is 4.99 Å². The number of hydrogen-bond acceptors (Lipinski definition) is 6. The van der Waals surface area contributed by atoms with Crippen LogP contribution in [0.3, 0.4) is 0 Å². The number of aliphatic hydroxyl groups excluding tert-OH is 1. The number of benzene rings is 1. The average Bonchev–Trinajstić information content (AvgIpc) is 3.20. The Morgan fingerprint density at radius 1 is 1.27 bits per heavy atom. The van der Waals surface area contributed by atoms with Crippen LogP contribution in [0, 0.1) is 0 Å². The highest BCUT2D eigenvalue weighted by Crippen LogP contribution is 2.30. The van der Waals surface area contributed by atoms with Crippen LogP contribution in [0.2, 0.25) is 0 Å². The van der Waals surface area contributed by atoms with Crippen LogP contribution >= 0.6 is 11.3 Å². The van der Waals surface area contributed by atoms with Gasteiger partial charge in [0.15, 0.2) is 11.7 Å². The first-order valence-electron chi connectivity index (χ1n) is 9.22. The second-order valence-corrected chi connectivity index (χ2v) is 7.09. The molecule has 0 saturated carbocycles. The van der Waals surface area contributed by atoms with Crippen molar-refractivity contribution in [3.8, 4) is 11.5 Å². The molecule has 30 heavy (non-hydrogen) atoms. The number of rotatable bonds is 9. The Bertz CT molecular complexity index is 843. The second kappa shape index (κ2) is 11.0. The SMILES string of the molecule is CCNC(=NCC(O)c1cc(OC)ccc1OC)NCCc1nc(C(F)(F)F)cs1. The molecule has 0 bridgehead atoms. The van der Waals surface area contributed by atoms with E-state index in [9.17, 15) is 18.3 Å². The number of hydrogen-bond donors (Lipinski definition) is 3. The van der Waals surface area contributed by atoms with Crippen LogP contribution < -0.4 is 20.1 Å². The van der Waals surface area contributed by atoms with Gasteiger partial charge < -0.3 is 25.2 Å². The molecule has 2 aromatic rings. The summed E-state index contributed by atoms with van der Waals surface area (Å²) in [6.45, 7) is 2.86. The maximum absolute atomic E-state index is 12.6. The Hall–Kier alpha value is -2.53. The van der Waals surface area contributed by atoms with Crippen LogP contribution in [0.25, 0.3) is 0 Å². The minimum absolute atomic E-state index is 0.0499. The normalized spacial score (nSPS) is 13.1. The first kappa shape index (κ1) is 23.7. The molecular formula is C19H25F3N4O3S. The molecule has 1 unspecified atom stereocenters. The summed E-state index contributed by atoms with van der Waals surface area (Å²) in [4.78, 5) is 7.95. The van der Waals surface area contributed by atoms with E-state index in [2.05, 4.69) is 20.6 Å². The van der Waals surface area contributed by atoms with Gasteiger partial charge >= 0.3 is 6.18 Å². The highest BCUT2D eigenvalue weighted by atomic mass is 32.1. The Morgan fingerprint density at radius 2 is 2.03 bits per heavy atom. The molecule has 0 saturated heterocycles. The van der Waals surface area contributed by atoms with Crippen LogP contribution in [-0.4, -0.2) is 49.9 Å². The number of aliphatic imine (C=N–C) groups is 1. The topological polar surface area (TPSA) is 88.0 Å². The summed E-state index contributed by atoms with van der Waals surface area (Å²) in [7, 11) is 3.04. The van der Waals surface area contributed by atoms with Crippen LogP contribution in [0.4, 0.5) is 13.2 Å². The first-order chi connectivity index (χ1) is 14.3. The summed E-state index contributed by atoms with van der Waals surface area (Å²) in [6.07, 6.45) is -5.05. The Kier molecular flexibility index (Phi) is 8.72. The molecule has 11 heteroatoms. The molecule has 0 amide bonds. The second-order valence-electron chi connectivity index (χ2n) is 6.14. The predicted octanol–water partition coefficient (Wildman–Crippen LogP) is 3.01. The Balaban J connectivity index is 1.98. The third-order valence-corrected chi connectivity index (χ3v) is 4.94. The van der Waals surface area contributed by atoms with Crippen molar-refractivity contribution in [2.45, 2.75) is 25.6 Å². The number of nitrogens with one attached hydrogen (secondary N) is 2. The fraction of sp³-hybridized carbons (Fsp3) is 0.474. The molecule has 1 aromatic carbocycles. The van der Waals surface area contributed by atoms with Gasteiger partial charge in [0.05, 0.1) is 25.8 Å². The van der Waals surface area contributed by atoms with E-state index in [-0.39, 0.29) is 6.54 Å². The maximum Gasteiger partial charge on any atom is 0.434 e. The van der Waals surface area contributed by atoms with Gasteiger partial charge in [0, 0.05) is 30.5 Å². The molecule has 0 radical (unpaired) electrons. The summed E-state index contributed by atoms with van der Waals surface area (Å²) < 4.78 is 48.3. The van der Waals surface area contributed by atoms with Gasteiger partial charge in [-0.05, 0) is 25.1 Å². The van der Waals surface area contributed by atoms with Crippen molar-refractivity contribution in [3.63, 3.8) is 0 Å². The third kappa shape index (κ3) is 6.77. The number of thiazole rings is 1.